The maximum absolute atomic E-state index is 11.2. The molecule has 0 saturated carbocycles. The van der Waals surface area contributed by atoms with Crippen molar-refractivity contribution in [1.82, 2.24) is 0 Å². The predicted molar refractivity (Wildman–Crippen MR) is 44.9 cm³/mol. The summed E-state index contributed by atoms with van der Waals surface area (Å²) in [6, 6.07) is 0. The summed E-state index contributed by atoms with van der Waals surface area (Å²) >= 11 is 0. The fourth-order valence-corrected chi connectivity index (χ4v) is 1.43. The molecule has 4 heteroatoms. The molecule has 0 radical (unpaired) electrons. The van der Waals surface area contributed by atoms with Gasteiger partial charge in [-0.15, -0.1) is 0 Å². The smallest absolute Gasteiger partial charge is 0.319 e. The van der Waals surface area contributed by atoms with E-state index in [1.165, 1.54) is 19.3 Å². The normalized spacial score (nSPS) is 32.2. The van der Waals surface area contributed by atoms with Crippen LogP contribution in [0, 0.1) is 5.92 Å². The van der Waals surface area contributed by atoms with E-state index in [0.717, 1.165) is 0 Å². The first-order valence-electron chi connectivity index (χ1n) is 4.08. The Labute approximate surface area is 76.2 Å². The lowest BCUT2D eigenvalue weighted by molar-refractivity contribution is -0.155. The van der Waals surface area contributed by atoms with Gasteiger partial charge in [0.2, 0.25) is 0 Å². The average molecular weight is 184 g/mol. The zero-order valence-corrected chi connectivity index (χ0v) is 7.61. The first-order chi connectivity index (χ1) is 6.05. The van der Waals surface area contributed by atoms with Crippen molar-refractivity contribution in [2.75, 3.05) is 7.11 Å². The van der Waals surface area contributed by atoms with Crippen LogP contribution in [0.3, 0.4) is 0 Å². The molecule has 0 amide bonds. The Morgan fingerprint density at radius 2 is 2.38 bits per heavy atom. The van der Waals surface area contributed by atoms with Crippen LogP contribution in [0.1, 0.15) is 13.3 Å². The van der Waals surface area contributed by atoms with Crippen LogP contribution in [0.5, 0.6) is 0 Å². The Hall–Kier alpha value is -1.16. The highest BCUT2D eigenvalue weighted by atomic mass is 16.5. The summed E-state index contributed by atoms with van der Waals surface area (Å²) in [7, 11) is 1.20. The van der Waals surface area contributed by atoms with Crippen molar-refractivity contribution in [2.24, 2.45) is 5.92 Å². The minimum absolute atomic E-state index is 0.314. The fourth-order valence-electron chi connectivity index (χ4n) is 1.43. The topological polar surface area (TPSA) is 63.6 Å². The van der Waals surface area contributed by atoms with Crippen LogP contribution in [0.15, 0.2) is 12.2 Å². The van der Waals surface area contributed by atoms with E-state index in [9.17, 15) is 14.7 Å². The van der Waals surface area contributed by atoms with E-state index in [0.29, 0.717) is 6.42 Å². The quantitative estimate of drug-likeness (QED) is 0.486. The average Bonchev–Trinajstić information content (AvgIpc) is 2.43. The number of hydrogen-bond acceptors (Lipinski definition) is 4. The Morgan fingerprint density at radius 1 is 1.77 bits per heavy atom. The second kappa shape index (κ2) is 3.30. The van der Waals surface area contributed by atoms with Gasteiger partial charge in [-0.25, -0.2) is 0 Å². The van der Waals surface area contributed by atoms with Gasteiger partial charge in [0.1, 0.15) is 5.60 Å². The standard InChI is InChI=1S/C9H12O4/c1-3-9(12)5-4-6(10)7(9)8(11)13-2/h4-5,7,12H,3H2,1-2H3/t7-,9-/m0/s1. The van der Waals surface area contributed by atoms with E-state index in [1.807, 2.05) is 0 Å². The van der Waals surface area contributed by atoms with Crippen molar-refractivity contribution in [2.45, 2.75) is 18.9 Å². The number of rotatable bonds is 2. The molecule has 0 bridgehead atoms. The van der Waals surface area contributed by atoms with Gasteiger partial charge in [-0.05, 0) is 18.6 Å². The van der Waals surface area contributed by atoms with Gasteiger partial charge in [0.05, 0.1) is 7.11 Å². The molecule has 1 aliphatic rings. The second-order valence-corrected chi connectivity index (χ2v) is 3.04. The first-order valence-corrected chi connectivity index (χ1v) is 4.08. The lowest BCUT2D eigenvalue weighted by Gasteiger charge is -2.24. The highest BCUT2D eigenvalue weighted by Gasteiger charge is 2.47. The van der Waals surface area contributed by atoms with Gasteiger partial charge in [0, 0.05) is 0 Å². The van der Waals surface area contributed by atoms with Gasteiger partial charge in [0.25, 0.3) is 0 Å². The number of esters is 1. The molecule has 0 unspecified atom stereocenters. The van der Waals surface area contributed by atoms with Crippen LogP contribution in [0.2, 0.25) is 0 Å². The molecule has 1 aliphatic carbocycles. The van der Waals surface area contributed by atoms with Gasteiger partial charge >= 0.3 is 5.97 Å². The molecule has 4 nitrogen and oxygen atoms in total. The Morgan fingerprint density at radius 3 is 2.85 bits per heavy atom. The van der Waals surface area contributed by atoms with E-state index in [2.05, 4.69) is 4.74 Å². The number of carbonyl (C=O) groups is 2. The highest BCUT2D eigenvalue weighted by molar-refractivity contribution is 6.08. The third-order valence-corrected chi connectivity index (χ3v) is 2.32. The van der Waals surface area contributed by atoms with Crippen LogP contribution < -0.4 is 0 Å². The van der Waals surface area contributed by atoms with Crippen molar-refractivity contribution in [1.29, 1.82) is 0 Å². The van der Waals surface area contributed by atoms with Gasteiger partial charge in [-0.3, -0.25) is 9.59 Å². The van der Waals surface area contributed by atoms with Crippen LogP contribution in [0.25, 0.3) is 0 Å². The molecule has 0 aliphatic heterocycles. The van der Waals surface area contributed by atoms with Gasteiger partial charge in [-0.2, -0.15) is 0 Å². The van der Waals surface area contributed by atoms with Gasteiger partial charge in [-0.1, -0.05) is 6.92 Å². The van der Waals surface area contributed by atoms with E-state index in [4.69, 9.17) is 0 Å². The van der Waals surface area contributed by atoms with Crippen LogP contribution in [0.4, 0.5) is 0 Å². The third-order valence-electron chi connectivity index (χ3n) is 2.32. The maximum atomic E-state index is 11.2. The first kappa shape index (κ1) is 9.92. The molecule has 0 spiro atoms. The van der Waals surface area contributed by atoms with Crippen molar-refractivity contribution >= 4 is 11.8 Å². The molecule has 0 heterocycles. The van der Waals surface area contributed by atoms with Gasteiger partial charge < -0.3 is 9.84 Å². The van der Waals surface area contributed by atoms with E-state index < -0.39 is 23.3 Å². The van der Waals surface area contributed by atoms with Crippen LogP contribution >= 0.6 is 0 Å². The number of ether oxygens (including phenoxy) is 1. The SMILES string of the molecule is CC[C@]1(O)C=CC(=O)[C@H]1C(=O)OC. The van der Waals surface area contributed by atoms with Crippen LogP contribution in [-0.4, -0.2) is 29.6 Å². The Balaban J connectivity index is 2.94. The van der Waals surface area contributed by atoms with Crippen molar-refractivity contribution in [3.8, 4) is 0 Å². The summed E-state index contributed by atoms with van der Waals surface area (Å²) in [5.41, 5.74) is -1.36. The molecule has 0 saturated heterocycles. The molecule has 1 rings (SSSR count). The predicted octanol–water partition coefficient (Wildman–Crippen LogP) is 0.0556. The Bertz CT molecular complexity index is 269. The lowest BCUT2D eigenvalue weighted by Crippen LogP contribution is -2.41. The molecule has 2 atom stereocenters. The third kappa shape index (κ3) is 1.49. The zero-order valence-electron chi connectivity index (χ0n) is 7.61. The summed E-state index contributed by atoms with van der Waals surface area (Å²) in [5.74, 6) is -2.15. The largest absolute Gasteiger partial charge is 0.468 e. The van der Waals surface area contributed by atoms with E-state index in [-0.39, 0.29) is 0 Å². The fraction of sp³-hybridized carbons (Fsp3) is 0.556. The molecule has 0 aromatic carbocycles. The molecule has 1 N–H and O–H groups in total. The molecule has 13 heavy (non-hydrogen) atoms. The highest BCUT2D eigenvalue weighted by Crippen LogP contribution is 2.30. The second-order valence-electron chi connectivity index (χ2n) is 3.04. The maximum Gasteiger partial charge on any atom is 0.319 e. The van der Waals surface area contributed by atoms with E-state index in [1.54, 1.807) is 6.92 Å². The van der Waals surface area contributed by atoms with Crippen molar-refractivity contribution in [3.63, 3.8) is 0 Å². The molecular formula is C9H12O4. The minimum Gasteiger partial charge on any atom is -0.468 e. The molecule has 0 aromatic heterocycles. The van der Waals surface area contributed by atoms with Gasteiger partial charge in [0.15, 0.2) is 11.7 Å². The number of carbonyl (C=O) groups excluding carboxylic acids is 2. The zero-order chi connectivity index (χ0) is 10.1. The number of allylic oxidation sites excluding steroid dienone is 1. The van der Waals surface area contributed by atoms with Crippen molar-refractivity contribution < 1.29 is 19.4 Å². The number of aliphatic hydroxyl groups is 1. The lowest BCUT2D eigenvalue weighted by atomic mass is 9.88. The summed E-state index contributed by atoms with van der Waals surface area (Å²) in [6.45, 7) is 1.71. The number of ketones is 1. The monoisotopic (exact) mass is 184 g/mol. The Kier molecular flexibility index (Phi) is 2.52. The molecule has 72 valence electrons. The van der Waals surface area contributed by atoms with Crippen LogP contribution in [-0.2, 0) is 14.3 Å². The number of methoxy groups -OCH3 is 1. The molecule has 0 fully saturated rings. The molecular weight excluding hydrogens is 172 g/mol. The summed E-state index contributed by atoms with van der Waals surface area (Å²) in [4.78, 5) is 22.4. The summed E-state index contributed by atoms with van der Waals surface area (Å²) in [5, 5.41) is 9.82. The minimum atomic E-state index is -1.36. The van der Waals surface area contributed by atoms with Crippen molar-refractivity contribution in [3.05, 3.63) is 12.2 Å². The molecule has 0 aromatic rings. The summed E-state index contributed by atoms with van der Waals surface area (Å²) in [6.07, 6.45) is 2.90. The van der Waals surface area contributed by atoms with E-state index >= 15 is 0 Å². The summed E-state index contributed by atoms with van der Waals surface area (Å²) < 4.78 is 4.44. The number of hydrogen-bond donors (Lipinski definition) is 1.